The summed E-state index contributed by atoms with van der Waals surface area (Å²) in [7, 11) is 0. The van der Waals surface area contributed by atoms with Crippen LogP contribution in [0, 0.1) is 5.92 Å². The van der Waals surface area contributed by atoms with Crippen LogP contribution < -0.4 is 5.32 Å². The number of nitrogens with one attached hydrogen (secondary N) is 1. The first-order chi connectivity index (χ1) is 9.54. The second kappa shape index (κ2) is 8.82. The van der Waals surface area contributed by atoms with Crippen LogP contribution in [0.5, 0.6) is 0 Å². The number of amides is 2. The van der Waals surface area contributed by atoms with Gasteiger partial charge >= 0.3 is 12.0 Å². The third-order valence-corrected chi connectivity index (χ3v) is 4.06. The topological polar surface area (TPSA) is 69.6 Å². The third kappa shape index (κ3) is 5.80. The average Bonchev–Trinajstić information content (AvgIpc) is 2.67. The molecule has 2 unspecified atom stereocenters. The lowest BCUT2D eigenvalue weighted by molar-refractivity contribution is -0.137. The highest BCUT2D eigenvalue weighted by molar-refractivity contribution is 5.74. The molecule has 2 N–H and O–H groups in total. The maximum Gasteiger partial charge on any atom is 0.317 e. The van der Waals surface area contributed by atoms with Crippen molar-refractivity contribution in [2.24, 2.45) is 5.92 Å². The Bertz CT molecular complexity index is 320. The molecule has 0 aromatic rings. The fraction of sp³-hybridized carbons (Fsp3) is 0.867. The van der Waals surface area contributed by atoms with Gasteiger partial charge < -0.3 is 15.3 Å². The Labute approximate surface area is 121 Å². The summed E-state index contributed by atoms with van der Waals surface area (Å²) in [6.45, 7) is 5.50. The van der Waals surface area contributed by atoms with Gasteiger partial charge in [-0.15, -0.1) is 0 Å². The normalized spacial score (nSPS) is 21.1. The highest BCUT2D eigenvalue weighted by Gasteiger charge is 2.24. The quantitative estimate of drug-likeness (QED) is 0.788. The van der Waals surface area contributed by atoms with Crippen molar-refractivity contribution in [3.05, 3.63) is 0 Å². The number of hydrogen-bond acceptors (Lipinski definition) is 2. The number of carbonyl (C=O) groups excluding carboxylic acids is 1. The van der Waals surface area contributed by atoms with Gasteiger partial charge in [0.05, 0.1) is 0 Å². The first-order valence-corrected chi connectivity index (χ1v) is 7.80. The molecule has 0 aromatic carbocycles. The lowest BCUT2D eigenvalue weighted by Gasteiger charge is -2.30. The molecule has 0 bridgehead atoms. The monoisotopic (exact) mass is 284 g/mol. The second-order valence-electron chi connectivity index (χ2n) is 5.83. The molecular weight excluding hydrogens is 256 g/mol. The molecular formula is C15H28N2O3. The zero-order valence-electron chi connectivity index (χ0n) is 12.7. The molecule has 1 aliphatic rings. The van der Waals surface area contributed by atoms with Gasteiger partial charge in [-0.1, -0.05) is 26.7 Å². The Balaban J connectivity index is 2.37. The van der Waals surface area contributed by atoms with Crippen molar-refractivity contribution < 1.29 is 14.7 Å². The average molecular weight is 284 g/mol. The molecule has 116 valence electrons. The number of carboxylic acids is 1. The van der Waals surface area contributed by atoms with Gasteiger partial charge in [-0.2, -0.15) is 0 Å². The minimum atomic E-state index is -0.776. The van der Waals surface area contributed by atoms with E-state index >= 15 is 0 Å². The van der Waals surface area contributed by atoms with E-state index in [4.69, 9.17) is 5.11 Å². The van der Waals surface area contributed by atoms with Crippen molar-refractivity contribution in [1.29, 1.82) is 0 Å². The predicted molar refractivity (Wildman–Crippen MR) is 78.7 cm³/mol. The smallest absolute Gasteiger partial charge is 0.317 e. The molecule has 0 saturated carbocycles. The van der Waals surface area contributed by atoms with Crippen LogP contribution in [0.1, 0.15) is 58.8 Å². The Hall–Kier alpha value is -1.26. The van der Waals surface area contributed by atoms with Crippen molar-refractivity contribution in [2.45, 2.75) is 64.8 Å². The maximum atomic E-state index is 12.3. The zero-order chi connectivity index (χ0) is 15.0. The molecule has 1 heterocycles. The summed E-state index contributed by atoms with van der Waals surface area (Å²) in [6.07, 6.45) is 6.36. The third-order valence-electron chi connectivity index (χ3n) is 4.06. The van der Waals surface area contributed by atoms with E-state index in [9.17, 15) is 9.59 Å². The van der Waals surface area contributed by atoms with Crippen molar-refractivity contribution in [3.63, 3.8) is 0 Å². The minimum Gasteiger partial charge on any atom is -0.481 e. The van der Waals surface area contributed by atoms with E-state index in [0.717, 1.165) is 25.8 Å². The lowest BCUT2D eigenvalue weighted by Crippen LogP contribution is -2.46. The zero-order valence-corrected chi connectivity index (χ0v) is 12.7. The second-order valence-corrected chi connectivity index (χ2v) is 5.83. The first-order valence-electron chi connectivity index (χ1n) is 7.80. The molecule has 0 radical (unpaired) electrons. The number of hydrogen-bond donors (Lipinski definition) is 2. The van der Waals surface area contributed by atoms with Crippen LogP contribution in [0.3, 0.4) is 0 Å². The van der Waals surface area contributed by atoms with E-state index < -0.39 is 5.97 Å². The fourth-order valence-corrected chi connectivity index (χ4v) is 2.70. The van der Waals surface area contributed by atoms with Gasteiger partial charge in [0, 0.05) is 25.6 Å². The van der Waals surface area contributed by atoms with Crippen molar-refractivity contribution in [2.75, 3.05) is 13.1 Å². The molecule has 2 amide bonds. The number of carboxylic acid groups (broad SMARTS) is 1. The van der Waals surface area contributed by atoms with Gasteiger partial charge in [0.2, 0.25) is 0 Å². The van der Waals surface area contributed by atoms with Gasteiger partial charge in [-0.3, -0.25) is 4.79 Å². The number of aliphatic carboxylic acids is 1. The largest absolute Gasteiger partial charge is 0.481 e. The minimum absolute atomic E-state index is 0.0147. The number of carbonyl (C=O) groups is 2. The summed E-state index contributed by atoms with van der Waals surface area (Å²) in [4.78, 5) is 24.7. The molecule has 1 rings (SSSR count). The van der Waals surface area contributed by atoms with Crippen LogP contribution in [0.25, 0.3) is 0 Å². The van der Waals surface area contributed by atoms with Crippen LogP contribution in [0.15, 0.2) is 0 Å². The molecule has 5 nitrogen and oxygen atoms in total. The molecule has 1 fully saturated rings. The molecule has 2 atom stereocenters. The summed E-state index contributed by atoms with van der Waals surface area (Å²) in [5.74, 6) is -0.580. The van der Waals surface area contributed by atoms with Crippen LogP contribution >= 0.6 is 0 Å². The molecule has 5 heteroatoms. The first kappa shape index (κ1) is 16.8. The van der Waals surface area contributed by atoms with E-state index in [0.29, 0.717) is 19.0 Å². The Morgan fingerprint density at radius 1 is 1.35 bits per heavy atom. The highest BCUT2D eigenvalue weighted by atomic mass is 16.4. The predicted octanol–water partition coefficient (Wildman–Crippen LogP) is 2.85. The van der Waals surface area contributed by atoms with Crippen molar-refractivity contribution in [1.82, 2.24) is 10.2 Å². The number of likely N-dealkylation sites (tertiary alicyclic amines) is 1. The van der Waals surface area contributed by atoms with Crippen molar-refractivity contribution >= 4 is 12.0 Å². The summed E-state index contributed by atoms with van der Waals surface area (Å²) < 4.78 is 0. The number of rotatable bonds is 6. The maximum absolute atomic E-state index is 12.3. The van der Waals surface area contributed by atoms with Gasteiger partial charge in [0.15, 0.2) is 0 Å². The molecule has 0 spiro atoms. The molecule has 0 aromatic heterocycles. The summed E-state index contributed by atoms with van der Waals surface area (Å²) in [5.41, 5.74) is 0. The Morgan fingerprint density at radius 3 is 2.75 bits per heavy atom. The van der Waals surface area contributed by atoms with E-state index in [1.807, 2.05) is 11.8 Å². The molecule has 20 heavy (non-hydrogen) atoms. The SMILES string of the molecule is CCC1CCCCCN1C(=O)NCC(C)CCC(=O)O. The van der Waals surface area contributed by atoms with Gasteiger partial charge in [0.25, 0.3) is 0 Å². The van der Waals surface area contributed by atoms with E-state index in [1.165, 1.54) is 12.8 Å². The van der Waals surface area contributed by atoms with Crippen LogP contribution in [-0.4, -0.2) is 41.1 Å². The standard InChI is InChI=1S/C15H28N2O3/c1-3-13-7-5-4-6-10-17(13)15(20)16-11-12(2)8-9-14(18)19/h12-13H,3-11H2,1-2H3,(H,16,20)(H,18,19). The van der Waals surface area contributed by atoms with Crippen LogP contribution in [-0.2, 0) is 4.79 Å². The summed E-state index contributed by atoms with van der Waals surface area (Å²) >= 11 is 0. The number of nitrogens with zero attached hydrogens (tertiary/aromatic N) is 1. The van der Waals surface area contributed by atoms with Crippen LogP contribution in [0.2, 0.25) is 0 Å². The number of urea groups is 1. The van der Waals surface area contributed by atoms with Crippen molar-refractivity contribution in [3.8, 4) is 0 Å². The van der Waals surface area contributed by atoms with E-state index in [-0.39, 0.29) is 18.4 Å². The Morgan fingerprint density at radius 2 is 2.10 bits per heavy atom. The highest BCUT2D eigenvalue weighted by Crippen LogP contribution is 2.19. The molecule has 1 aliphatic heterocycles. The van der Waals surface area contributed by atoms with E-state index in [2.05, 4.69) is 12.2 Å². The van der Waals surface area contributed by atoms with Gasteiger partial charge in [-0.25, -0.2) is 4.79 Å². The van der Waals surface area contributed by atoms with Gasteiger partial charge in [0.1, 0.15) is 0 Å². The van der Waals surface area contributed by atoms with Crippen LogP contribution in [0.4, 0.5) is 4.79 Å². The lowest BCUT2D eigenvalue weighted by atomic mass is 10.1. The summed E-state index contributed by atoms with van der Waals surface area (Å²) in [6, 6.07) is 0.368. The fourth-order valence-electron chi connectivity index (χ4n) is 2.70. The van der Waals surface area contributed by atoms with Gasteiger partial charge in [-0.05, 0) is 31.6 Å². The Kier molecular flexibility index (Phi) is 7.41. The molecule has 0 aliphatic carbocycles. The van der Waals surface area contributed by atoms with E-state index in [1.54, 1.807) is 0 Å². The summed E-state index contributed by atoms with van der Waals surface area (Å²) in [5, 5.41) is 11.6. The molecule has 1 saturated heterocycles.